The molecule has 4 nitrogen and oxygen atoms in total. The molecule has 0 saturated carbocycles. The Morgan fingerprint density at radius 2 is 2.27 bits per heavy atom. The van der Waals surface area contributed by atoms with E-state index in [1.165, 1.54) is 0 Å². The molecule has 0 unspecified atom stereocenters. The Bertz CT molecular complexity index is 116. The van der Waals surface area contributed by atoms with Crippen molar-refractivity contribution in [2.45, 2.75) is 13.3 Å². The molecule has 0 atom stereocenters. The third-order valence-electron chi connectivity index (χ3n) is 1.47. The number of rotatable bonds is 6. The van der Waals surface area contributed by atoms with Gasteiger partial charge >= 0.3 is 0 Å². The monoisotopic (exact) mass is 159 g/mol. The lowest BCUT2D eigenvalue weighted by Crippen LogP contribution is -2.34. The minimum atomic E-state index is 0.185. The van der Waals surface area contributed by atoms with Gasteiger partial charge in [0.2, 0.25) is 0 Å². The molecular weight excluding hydrogens is 142 g/mol. The summed E-state index contributed by atoms with van der Waals surface area (Å²) in [6, 6.07) is 0. The molecule has 0 amide bonds. The first-order valence-electron chi connectivity index (χ1n) is 3.86. The van der Waals surface area contributed by atoms with E-state index in [0.29, 0.717) is 6.54 Å². The van der Waals surface area contributed by atoms with Gasteiger partial charge in [-0.15, -0.1) is 0 Å². The van der Waals surface area contributed by atoms with Crippen LogP contribution in [0, 0.1) is 5.41 Å². The van der Waals surface area contributed by atoms with Crippen LogP contribution in [0.1, 0.15) is 13.3 Å². The lowest BCUT2D eigenvalue weighted by molar-refractivity contribution is 0.244. The minimum absolute atomic E-state index is 0.185. The van der Waals surface area contributed by atoms with E-state index in [9.17, 15) is 0 Å². The molecule has 0 spiro atoms. The van der Waals surface area contributed by atoms with Gasteiger partial charge in [-0.1, -0.05) is 6.92 Å². The maximum Gasteiger partial charge on any atom is 0.105 e. The Balaban J connectivity index is 3.49. The van der Waals surface area contributed by atoms with Crippen molar-refractivity contribution in [1.82, 2.24) is 4.90 Å². The average Bonchev–Trinajstić information content (AvgIpc) is 1.97. The number of likely N-dealkylation sites (N-methyl/N-ethyl adjacent to an activating group) is 1. The first-order valence-corrected chi connectivity index (χ1v) is 3.86. The Hall–Kier alpha value is -0.610. The summed E-state index contributed by atoms with van der Waals surface area (Å²) < 4.78 is 0. The normalized spacial score (nSPS) is 10.5. The maximum atomic E-state index is 8.53. The van der Waals surface area contributed by atoms with Crippen molar-refractivity contribution in [3.05, 3.63) is 0 Å². The Kier molecular flexibility index (Phi) is 5.78. The van der Waals surface area contributed by atoms with E-state index in [1.807, 2.05) is 11.8 Å². The Morgan fingerprint density at radius 3 is 2.64 bits per heavy atom. The van der Waals surface area contributed by atoms with E-state index < -0.39 is 0 Å². The summed E-state index contributed by atoms with van der Waals surface area (Å²) in [6.45, 7) is 4.41. The number of nitrogens with two attached hydrogens (primary N) is 1. The lowest BCUT2D eigenvalue weighted by Gasteiger charge is -2.18. The zero-order valence-corrected chi connectivity index (χ0v) is 7.01. The average molecular weight is 159 g/mol. The van der Waals surface area contributed by atoms with Crippen molar-refractivity contribution >= 4 is 5.84 Å². The third kappa shape index (κ3) is 5.82. The first-order chi connectivity index (χ1) is 5.20. The SMILES string of the molecule is CCN(CCCO)CC(=N)N. The molecule has 0 aromatic carbocycles. The van der Waals surface area contributed by atoms with Gasteiger partial charge < -0.3 is 10.8 Å². The number of aliphatic hydroxyl groups is 1. The van der Waals surface area contributed by atoms with Crippen LogP contribution in [0.25, 0.3) is 0 Å². The highest BCUT2D eigenvalue weighted by molar-refractivity contribution is 5.78. The van der Waals surface area contributed by atoms with E-state index in [1.54, 1.807) is 0 Å². The highest BCUT2D eigenvalue weighted by atomic mass is 16.3. The highest BCUT2D eigenvalue weighted by Crippen LogP contribution is 1.89. The summed E-state index contributed by atoms with van der Waals surface area (Å²) >= 11 is 0. The van der Waals surface area contributed by atoms with Crippen LogP contribution in [0.5, 0.6) is 0 Å². The van der Waals surface area contributed by atoms with Gasteiger partial charge in [-0.2, -0.15) is 0 Å². The van der Waals surface area contributed by atoms with Crippen molar-refractivity contribution in [1.29, 1.82) is 5.41 Å². The summed E-state index contributed by atoms with van der Waals surface area (Å²) in [4.78, 5) is 2.03. The van der Waals surface area contributed by atoms with Gasteiger partial charge in [0.05, 0.1) is 6.54 Å². The Morgan fingerprint density at radius 1 is 1.64 bits per heavy atom. The minimum Gasteiger partial charge on any atom is -0.396 e. The molecule has 0 heterocycles. The van der Waals surface area contributed by atoms with Crippen molar-refractivity contribution in [3.63, 3.8) is 0 Å². The molecule has 0 aliphatic heterocycles. The molecular formula is C7H17N3O. The smallest absolute Gasteiger partial charge is 0.105 e. The van der Waals surface area contributed by atoms with Gasteiger partial charge in [0.1, 0.15) is 5.84 Å². The summed E-state index contributed by atoms with van der Waals surface area (Å²) in [7, 11) is 0. The quantitative estimate of drug-likeness (QED) is 0.365. The fraction of sp³-hybridized carbons (Fsp3) is 0.857. The molecule has 0 bridgehead atoms. The second-order valence-electron chi connectivity index (χ2n) is 2.47. The van der Waals surface area contributed by atoms with Crippen LogP contribution in [0.15, 0.2) is 0 Å². The summed E-state index contributed by atoms with van der Waals surface area (Å²) in [5.74, 6) is 0.185. The number of hydrogen-bond acceptors (Lipinski definition) is 3. The molecule has 4 N–H and O–H groups in total. The zero-order valence-electron chi connectivity index (χ0n) is 7.01. The van der Waals surface area contributed by atoms with E-state index in [4.69, 9.17) is 16.2 Å². The van der Waals surface area contributed by atoms with Crippen LogP contribution in [0.2, 0.25) is 0 Å². The van der Waals surface area contributed by atoms with Gasteiger partial charge in [-0.25, -0.2) is 0 Å². The molecule has 0 fully saturated rings. The van der Waals surface area contributed by atoms with E-state index >= 15 is 0 Å². The van der Waals surface area contributed by atoms with Crippen LogP contribution in [-0.2, 0) is 0 Å². The largest absolute Gasteiger partial charge is 0.396 e. The highest BCUT2D eigenvalue weighted by Gasteiger charge is 2.01. The van der Waals surface area contributed by atoms with Gasteiger partial charge in [0.15, 0.2) is 0 Å². The number of aliphatic hydroxyl groups excluding tert-OH is 1. The van der Waals surface area contributed by atoms with Crippen LogP contribution in [-0.4, -0.2) is 42.1 Å². The van der Waals surface area contributed by atoms with Crippen molar-refractivity contribution in [2.24, 2.45) is 5.73 Å². The predicted octanol–water partition coefficient (Wildman–Crippen LogP) is -0.373. The lowest BCUT2D eigenvalue weighted by atomic mass is 10.4. The maximum absolute atomic E-state index is 8.53. The first kappa shape index (κ1) is 10.4. The summed E-state index contributed by atoms with van der Waals surface area (Å²) in [5, 5.41) is 15.6. The molecule has 0 aromatic rings. The Labute approximate surface area is 67.5 Å². The molecule has 0 aliphatic rings. The van der Waals surface area contributed by atoms with E-state index in [0.717, 1.165) is 19.5 Å². The van der Waals surface area contributed by atoms with E-state index in [-0.39, 0.29) is 12.4 Å². The summed E-state index contributed by atoms with van der Waals surface area (Å²) in [6.07, 6.45) is 0.751. The van der Waals surface area contributed by atoms with Crippen LogP contribution < -0.4 is 5.73 Å². The molecule has 0 radical (unpaired) electrons. The number of hydrogen-bond donors (Lipinski definition) is 3. The molecule has 0 saturated heterocycles. The molecule has 0 aliphatic carbocycles. The molecule has 0 rings (SSSR count). The molecule has 11 heavy (non-hydrogen) atoms. The van der Waals surface area contributed by atoms with E-state index in [2.05, 4.69) is 0 Å². The number of nitrogens with one attached hydrogen (secondary N) is 1. The van der Waals surface area contributed by atoms with Crippen LogP contribution in [0.4, 0.5) is 0 Å². The van der Waals surface area contributed by atoms with Gasteiger partial charge in [0, 0.05) is 13.2 Å². The van der Waals surface area contributed by atoms with Crippen molar-refractivity contribution in [3.8, 4) is 0 Å². The van der Waals surface area contributed by atoms with Crippen molar-refractivity contribution in [2.75, 3.05) is 26.2 Å². The van der Waals surface area contributed by atoms with Gasteiger partial charge in [-0.3, -0.25) is 10.3 Å². The fourth-order valence-electron chi connectivity index (χ4n) is 0.884. The second kappa shape index (κ2) is 6.12. The van der Waals surface area contributed by atoms with Gasteiger partial charge in [0.25, 0.3) is 0 Å². The topological polar surface area (TPSA) is 73.3 Å². The van der Waals surface area contributed by atoms with Crippen LogP contribution >= 0.6 is 0 Å². The fourth-order valence-corrected chi connectivity index (χ4v) is 0.884. The third-order valence-corrected chi connectivity index (χ3v) is 1.47. The molecule has 4 heteroatoms. The summed E-state index contributed by atoms with van der Waals surface area (Å²) in [5.41, 5.74) is 5.22. The molecule has 0 aromatic heterocycles. The predicted molar refractivity (Wildman–Crippen MR) is 45.7 cm³/mol. The molecule has 66 valence electrons. The van der Waals surface area contributed by atoms with Gasteiger partial charge in [-0.05, 0) is 13.0 Å². The van der Waals surface area contributed by atoms with Crippen LogP contribution in [0.3, 0.4) is 0 Å². The number of nitrogens with zero attached hydrogens (tertiary/aromatic N) is 1. The van der Waals surface area contributed by atoms with Crippen molar-refractivity contribution < 1.29 is 5.11 Å². The standard InChI is InChI=1S/C7H17N3O/c1-2-10(4-3-5-11)6-7(8)9/h11H,2-6H2,1H3,(H3,8,9). The zero-order chi connectivity index (χ0) is 8.69. The second-order valence-corrected chi connectivity index (χ2v) is 2.47. The number of amidine groups is 1.